The molecule has 0 fully saturated rings. The van der Waals surface area contributed by atoms with E-state index in [-0.39, 0.29) is 5.78 Å². The van der Waals surface area contributed by atoms with Gasteiger partial charge in [-0.15, -0.1) is 0 Å². The van der Waals surface area contributed by atoms with E-state index in [0.29, 0.717) is 11.8 Å². The molecular formula is C11H17BrO. The summed E-state index contributed by atoms with van der Waals surface area (Å²) in [6.07, 6.45) is 2.94. The van der Waals surface area contributed by atoms with E-state index in [4.69, 9.17) is 0 Å². The molecule has 1 aliphatic carbocycles. The van der Waals surface area contributed by atoms with Crippen molar-refractivity contribution < 1.29 is 4.79 Å². The Hall–Kier alpha value is -0.110. The highest BCUT2D eigenvalue weighted by molar-refractivity contribution is 9.12. The van der Waals surface area contributed by atoms with Crippen LogP contribution in [0.1, 0.15) is 40.0 Å². The third-order valence-corrected chi connectivity index (χ3v) is 4.02. The van der Waals surface area contributed by atoms with Gasteiger partial charge < -0.3 is 0 Å². The summed E-state index contributed by atoms with van der Waals surface area (Å²) in [6, 6.07) is 0. The van der Waals surface area contributed by atoms with E-state index in [0.717, 1.165) is 23.7 Å². The molecule has 0 N–H and O–H groups in total. The molecule has 0 unspecified atom stereocenters. The smallest absolute Gasteiger partial charge is 0.170 e. The lowest BCUT2D eigenvalue weighted by molar-refractivity contribution is -0.115. The van der Waals surface area contributed by atoms with Crippen LogP contribution in [0.25, 0.3) is 0 Å². The predicted molar refractivity (Wildman–Crippen MR) is 58.8 cm³/mol. The molecule has 1 nitrogen and oxygen atoms in total. The van der Waals surface area contributed by atoms with Crippen LogP contribution in [0.3, 0.4) is 0 Å². The van der Waals surface area contributed by atoms with Gasteiger partial charge in [0.25, 0.3) is 0 Å². The quantitative estimate of drug-likeness (QED) is 0.688. The Kier molecular flexibility index (Phi) is 3.72. The fourth-order valence-corrected chi connectivity index (χ4v) is 2.11. The van der Waals surface area contributed by atoms with Crippen LogP contribution in [0.4, 0.5) is 0 Å². The second-order valence-corrected chi connectivity index (χ2v) is 5.06. The van der Waals surface area contributed by atoms with Gasteiger partial charge in [0.15, 0.2) is 5.78 Å². The number of carbonyl (C=O) groups excluding carboxylic acids is 1. The first kappa shape index (κ1) is 11.0. The van der Waals surface area contributed by atoms with Gasteiger partial charge in [0.1, 0.15) is 0 Å². The van der Waals surface area contributed by atoms with Gasteiger partial charge in [-0.05, 0) is 47.5 Å². The minimum absolute atomic E-state index is 0.286. The van der Waals surface area contributed by atoms with E-state index in [9.17, 15) is 4.79 Å². The van der Waals surface area contributed by atoms with Gasteiger partial charge >= 0.3 is 0 Å². The van der Waals surface area contributed by atoms with E-state index in [1.807, 2.05) is 6.92 Å². The Morgan fingerprint density at radius 2 is 2.08 bits per heavy atom. The van der Waals surface area contributed by atoms with Gasteiger partial charge in [-0.2, -0.15) is 0 Å². The van der Waals surface area contributed by atoms with Crippen LogP contribution in [0, 0.1) is 11.8 Å². The van der Waals surface area contributed by atoms with Gasteiger partial charge in [0.2, 0.25) is 0 Å². The lowest BCUT2D eigenvalue weighted by Gasteiger charge is -2.17. The standard InChI is InChI=1S/C11H17BrO/c1-7(2)9-5-4-8(3)11(12)10(13)6-9/h7,9H,4-6H2,1-3H3/t9-/m1/s1. The minimum Gasteiger partial charge on any atom is -0.294 e. The van der Waals surface area contributed by atoms with Crippen LogP contribution in [0.5, 0.6) is 0 Å². The second-order valence-electron chi connectivity index (χ2n) is 4.26. The summed E-state index contributed by atoms with van der Waals surface area (Å²) >= 11 is 3.38. The molecule has 0 saturated carbocycles. The summed E-state index contributed by atoms with van der Waals surface area (Å²) in [7, 11) is 0. The Labute approximate surface area is 88.7 Å². The van der Waals surface area contributed by atoms with Crippen LogP contribution in [-0.4, -0.2) is 5.78 Å². The fraction of sp³-hybridized carbons (Fsp3) is 0.727. The van der Waals surface area contributed by atoms with Crippen LogP contribution < -0.4 is 0 Å². The molecule has 74 valence electrons. The van der Waals surface area contributed by atoms with E-state index in [1.165, 1.54) is 5.57 Å². The maximum atomic E-state index is 11.6. The van der Waals surface area contributed by atoms with Crippen molar-refractivity contribution in [2.75, 3.05) is 0 Å². The minimum atomic E-state index is 0.286. The largest absolute Gasteiger partial charge is 0.294 e. The topological polar surface area (TPSA) is 17.1 Å². The normalized spacial score (nSPS) is 25.3. The first-order valence-corrected chi connectivity index (χ1v) is 5.70. The first-order chi connectivity index (χ1) is 6.02. The Morgan fingerprint density at radius 1 is 1.46 bits per heavy atom. The van der Waals surface area contributed by atoms with Gasteiger partial charge in [0.05, 0.1) is 4.48 Å². The molecule has 0 aliphatic heterocycles. The molecule has 0 heterocycles. The van der Waals surface area contributed by atoms with Crippen molar-refractivity contribution in [2.45, 2.75) is 40.0 Å². The summed E-state index contributed by atoms with van der Waals surface area (Å²) in [5, 5.41) is 0. The molecule has 0 spiro atoms. The van der Waals surface area contributed by atoms with Crippen LogP contribution in [-0.2, 0) is 4.79 Å². The summed E-state index contributed by atoms with van der Waals surface area (Å²) < 4.78 is 0.829. The molecule has 0 bridgehead atoms. The van der Waals surface area contributed by atoms with Gasteiger partial charge in [0, 0.05) is 6.42 Å². The van der Waals surface area contributed by atoms with Crippen molar-refractivity contribution in [1.82, 2.24) is 0 Å². The predicted octanol–water partition coefficient (Wildman–Crippen LogP) is 3.68. The van der Waals surface area contributed by atoms with Crippen molar-refractivity contribution in [2.24, 2.45) is 11.8 Å². The molecule has 0 aromatic rings. The van der Waals surface area contributed by atoms with Gasteiger partial charge in [-0.25, -0.2) is 0 Å². The summed E-state index contributed by atoms with van der Waals surface area (Å²) in [5.41, 5.74) is 1.22. The average molecular weight is 245 g/mol. The van der Waals surface area contributed by atoms with E-state index < -0.39 is 0 Å². The Balaban J connectivity index is 2.75. The zero-order valence-corrected chi connectivity index (χ0v) is 10.1. The number of carbonyl (C=O) groups is 1. The molecule has 13 heavy (non-hydrogen) atoms. The molecule has 1 aliphatic rings. The maximum Gasteiger partial charge on any atom is 0.170 e. The number of allylic oxidation sites excluding steroid dienone is 2. The highest BCUT2D eigenvalue weighted by Crippen LogP contribution is 2.31. The fourth-order valence-electron chi connectivity index (χ4n) is 1.75. The van der Waals surface area contributed by atoms with Crippen LogP contribution in [0.15, 0.2) is 10.1 Å². The number of halogens is 1. The highest BCUT2D eigenvalue weighted by Gasteiger charge is 2.23. The van der Waals surface area contributed by atoms with Crippen LogP contribution >= 0.6 is 15.9 Å². The number of rotatable bonds is 1. The highest BCUT2D eigenvalue weighted by atomic mass is 79.9. The van der Waals surface area contributed by atoms with Crippen LogP contribution in [0.2, 0.25) is 0 Å². The molecular weight excluding hydrogens is 228 g/mol. The maximum absolute atomic E-state index is 11.6. The van der Waals surface area contributed by atoms with Crippen molar-refractivity contribution in [3.8, 4) is 0 Å². The molecule has 0 amide bonds. The lowest BCUT2D eigenvalue weighted by atomic mass is 9.88. The zero-order valence-electron chi connectivity index (χ0n) is 8.56. The number of hydrogen-bond donors (Lipinski definition) is 0. The number of Topliss-reactive ketones (excluding diaryl/α,β-unsaturated/α-hetero) is 1. The second kappa shape index (κ2) is 4.41. The third-order valence-electron chi connectivity index (χ3n) is 2.90. The molecule has 0 saturated heterocycles. The number of hydrogen-bond acceptors (Lipinski definition) is 1. The molecule has 0 radical (unpaired) electrons. The SMILES string of the molecule is CC1=C(Br)C(=O)C[C@H](C(C)C)CC1. The molecule has 0 aromatic carbocycles. The van der Waals surface area contributed by atoms with Crippen molar-refractivity contribution in [3.63, 3.8) is 0 Å². The Morgan fingerprint density at radius 3 is 2.62 bits per heavy atom. The first-order valence-electron chi connectivity index (χ1n) is 4.90. The van der Waals surface area contributed by atoms with Gasteiger partial charge in [-0.1, -0.05) is 19.4 Å². The third kappa shape index (κ3) is 2.67. The van der Waals surface area contributed by atoms with Gasteiger partial charge in [-0.3, -0.25) is 4.79 Å². The molecule has 0 aromatic heterocycles. The van der Waals surface area contributed by atoms with E-state index in [2.05, 4.69) is 29.8 Å². The van der Waals surface area contributed by atoms with E-state index >= 15 is 0 Å². The van der Waals surface area contributed by atoms with Crippen molar-refractivity contribution in [1.29, 1.82) is 0 Å². The average Bonchev–Trinajstić information content (AvgIpc) is 2.19. The molecule has 2 heteroatoms. The molecule has 1 atom stereocenters. The summed E-state index contributed by atoms with van der Waals surface area (Å²) in [4.78, 5) is 11.6. The van der Waals surface area contributed by atoms with Crippen molar-refractivity contribution in [3.05, 3.63) is 10.1 Å². The van der Waals surface area contributed by atoms with Crippen molar-refractivity contribution >= 4 is 21.7 Å². The monoisotopic (exact) mass is 244 g/mol. The molecule has 1 rings (SSSR count). The summed E-state index contributed by atoms with van der Waals surface area (Å²) in [5.74, 6) is 1.47. The Bertz CT molecular complexity index is 240. The lowest BCUT2D eigenvalue weighted by Crippen LogP contribution is -2.12. The summed E-state index contributed by atoms with van der Waals surface area (Å²) in [6.45, 7) is 6.45. The number of ketones is 1. The van der Waals surface area contributed by atoms with E-state index in [1.54, 1.807) is 0 Å². The zero-order chi connectivity index (χ0) is 10.0.